The zero-order chi connectivity index (χ0) is 23.0. The molecule has 5 unspecified atom stereocenters. The third-order valence-electron chi connectivity index (χ3n) is 4.75. The van der Waals surface area contributed by atoms with Gasteiger partial charge in [-0.2, -0.15) is 12.6 Å². The van der Waals surface area contributed by atoms with Crippen LogP contribution in [-0.4, -0.2) is 87.3 Å². The second-order valence-electron chi connectivity index (χ2n) is 7.10. The third kappa shape index (κ3) is 7.15. The summed E-state index contributed by atoms with van der Waals surface area (Å²) >= 11 is 4.02. The minimum absolute atomic E-state index is 0.131. The van der Waals surface area contributed by atoms with Crippen molar-refractivity contribution >= 4 is 42.2 Å². The van der Waals surface area contributed by atoms with Gasteiger partial charge in [0.25, 0.3) is 0 Å². The number of likely N-dealkylation sites (tertiary alicyclic amines) is 1. The van der Waals surface area contributed by atoms with Crippen LogP contribution in [0.1, 0.15) is 32.6 Å². The first-order chi connectivity index (χ1) is 14.0. The smallest absolute Gasteiger partial charge is 0.326 e. The molecule has 1 aliphatic rings. The van der Waals surface area contributed by atoms with Crippen LogP contribution in [0.4, 0.5) is 0 Å². The highest BCUT2D eigenvalue weighted by Gasteiger charge is 2.38. The average Bonchev–Trinajstić information content (AvgIpc) is 3.17. The fraction of sp³-hybridized carbons (Fsp3) is 0.706. The van der Waals surface area contributed by atoms with E-state index in [2.05, 4.69) is 23.3 Å². The number of hydrogen-bond acceptors (Lipinski definition) is 8. The molecule has 30 heavy (non-hydrogen) atoms. The number of aliphatic hydroxyl groups is 1. The quantitative estimate of drug-likeness (QED) is 0.161. The molecule has 1 fully saturated rings. The minimum atomic E-state index is -1.36. The van der Waals surface area contributed by atoms with Crippen LogP contribution in [0, 0.1) is 0 Å². The number of hydrogen-bond donors (Lipinski definition) is 7. The number of nitrogens with zero attached hydrogens (tertiary/aromatic N) is 1. The van der Waals surface area contributed by atoms with E-state index >= 15 is 0 Å². The molecular formula is C17H29N5O7S. The average molecular weight is 448 g/mol. The number of aliphatic hydroxyl groups excluding tert-OH is 1. The molecule has 0 aromatic heterocycles. The van der Waals surface area contributed by atoms with Gasteiger partial charge in [-0.1, -0.05) is 0 Å². The Hall–Kier alpha value is -2.38. The van der Waals surface area contributed by atoms with E-state index in [1.165, 1.54) is 11.8 Å². The zero-order valence-electron chi connectivity index (χ0n) is 16.6. The number of carbonyl (C=O) groups excluding carboxylic acids is 4. The van der Waals surface area contributed by atoms with E-state index in [0.29, 0.717) is 12.8 Å². The summed E-state index contributed by atoms with van der Waals surface area (Å²) in [4.78, 5) is 60.9. The highest BCUT2D eigenvalue weighted by Crippen LogP contribution is 2.19. The van der Waals surface area contributed by atoms with Gasteiger partial charge in [-0.15, -0.1) is 0 Å². The molecule has 0 radical (unpaired) electrons. The van der Waals surface area contributed by atoms with Gasteiger partial charge >= 0.3 is 5.97 Å². The van der Waals surface area contributed by atoms with E-state index in [-0.39, 0.29) is 25.1 Å². The molecule has 8 N–H and O–H groups in total. The van der Waals surface area contributed by atoms with Crippen molar-refractivity contribution in [2.75, 3.05) is 12.3 Å². The van der Waals surface area contributed by atoms with Gasteiger partial charge in [-0.25, -0.2) is 4.79 Å². The molecule has 1 heterocycles. The largest absolute Gasteiger partial charge is 0.480 e. The topological polar surface area (TPSA) is 205 Å². The second kappa shape index (κ2) is 11.7. The van der Waals surface area contributed by atoms with Crippen molar-refractivity contribution in [2.45, 2.75) is 62.9 Å². The number of thiol groups is 1. The minimum Gasteiger partial charge on any atom is -0.480 e. The van der Waals surface area contributed by atoms with Crippen molar-refractivity contribution in [1.29, 1.82) is 0 Å². The molecule has 12 nitrogen and oxygen atoms in total. The Kier molecular flexibility index (Phi) is 10.0. The van der Waals surface area contributed by atoms with Crippen molar-refractivity contribution in [3.05, 3.63) is 0 Å². The monoisotopic (exact) mass is 447 g/mol. The Balaban J connectivity index is 2.78. The maximum absolute atomic E-state index is 12.7. The second-order valence-corrected chi connectivity index (χ2v) is 7.47. The lowest BCUT2D eigenvalue weighted by Crippen LogP contribution is -2.58. The Morgan fingerprint density at radius 3 is 2.33 bits per heavy atom. The summed E-state index contributed by atoms with van der Waals surface area (Å²) in [6.45, 7) is 1.65. The Bertz CT molecular complexity index is 675. The fourth-order valence-corrected chi connectivity index (χ4v) is 3.24. The van der Waals surface area contributed by atoms with Crippen LogP contribution in [0.2, 0.25) is 0 Å². The van der Waals surface area contributed by atoms with Crippen LogP contribution in [-0.2, 0) is 24.0 Å². The molecule has 0 spiro atoms. The maximum Gasteiger partial charge on any atom is 0.326 e. The van der Waals surface area contributed by atoms with Crippen LogP contribution in [0.25, 0.3) is 0 Å². The van der Waals surface area contributed by atoms with Gasteiger partial charge in [0.15, 0.2) is 0 Å². The number of carbonyl (C=O) groups is 5. The normalized spacial score (nSPS) is 20.0. The van der Waals surface area contributed by atoms with Gasteiger partial charge in [0, 0.05) is 18.7 Å². The number of nitrogens with two attached hydrogens (primary N) is 2. The van der Waals surface area contributed by atoms with Gasteiger partial charge in [-0.05, 0) is 26.2 Å². The molecule has 5 atom stereocenters. The zero-order valence-corrected chi connectivity index (χ0v) is 17.5. The number of nitrogens with one attached hydrogen (secondary N) is 2. The van der Waals surface area contributed by atoms with Gasteiger partial charge < -0.3 is 37.2 Å². The van der Waals surface area contributed by atoms with Crippen molar-refractivity contribution in [2.24, 2.45) is 11.5 Å². The van der Waals surface area contributed by atoms with Crippen LogP contribution < -0.4 is 22.1 Å². The van der Waals surface area contributed by atoms with E-state index in [4.69, 9.17) is 11.5 Å². The molecule has 0 bridgehead atoms. The number of rotatable bonds is 11. The standard InChI is InChI=1S/C17H29N5O7S/c1-8(23)13(19)16(27)22-6-2-3-11(22)15(26)21-10(7-30)14(25)20-9(17(28)29)4-5-12(18)24/h8-11,13,23,30H,2-7,19H2,1H3,(H2,18,24)(H,20,25)(H,21,26)(H,28,29). The number of amides is 4. The van der Waals surface area contributed by atoms with Crippen LogP contribution in [0.15, 0.2) is 0 Å². The number of primary amides is 1. The van der Waals surface area contributed by atoms with Gasteiger partial charge in [0.1, 0.15) is 24.2 Å². The summed E-state index contributed by atoms with van der Waals surface area (Å²) in [5, 5.41) is 23.4. The summed E-state index contributed by atoms with van der Waals surface area (Å²) in [7, 11) is 0. The summed E-state index contributed by atoms with van der Waals surface area (Å²) < 4.78 is 0. The first kappa shape index (κ1) is 25.7. The van der Waals surface area contributed by atoms with E-state index in [1.54, 1.807) is 0 Å². The lowest BCUT2D eigenvalue weighted by atomic mass is 10.1. The van der Waals surface area contributed by atoms with Crippen molar-refractivity contribution in [3.63, 3.8) is 0 Å². The van der Waals surface area contributed by atoms with E-state index in [1.807, 2.05) is 0 Å². The predicted molar refractivity (Wildman–Crippen MR) is 108 cm³/mol. The molecule has 0 aromatic carbocycles. The van der Waals surface area contributed by atoms with Crippen molar-refractivity contribution < 1.29 is 34.2 Å². The lowest BCUT2D eigenvalue weighted by molar-refractivity contribution is -0.143. The maximum atomic E-state index is 12.7. The molecule has 1 rings (SSSR count). The van der Waals surface area contributed by atoms with Gasteiger partial charge in [-0.3, -0.25) is 19.2 Å². The van der Waals surface area contributed by atoms with Crippen LogP contribution >= 0.6 is 12.6 Å². The summed E-state index contributed by atoms with van der Waals surface area (Å²) in [5.74, 6) is -4.19. The Morgan fingerprint density at radius 1 is 1.20 bits per heavy atom. The van der Waals surface area contributed by atoms with Crippen LogP contribution in [0.5, 0.6) is 0 Å². The molecule has 1 saturated heterocycles. The van der Waals surface area contributed by atoms with E-state index in [0.717, 1.165) is 0 Å². The first-order valence-corrected chi connectivity index (χ1v) is 10.1. The number of carboxylic acid groups (broad SMARTS) is 1. The molecule has 13 heteroatoms. The highest BCUT2D eigenvalue weighted by molar-refractivity contribution is 7.80. The summed E-state index contributed by atoms with van der Waals surface area (Å²) in [6.07, 6.45) is -0.640. The Labute approximate surface area is 179 Å². The van der Waals surface area contributed by atoms with Crippen molar-refractivity contribution in [1.82, 2.24) is 15.5 Å². The molecule has 0 aliphatic carbocycles. The molecule has 0 aromatic rings. The number of carboxylic acids is 1. The van der Waals surface area contributed by atoms with Crippen LogP contribution in [0.3, 0.4) is 0 Å². The molecule has 170 valence electrons. The third-order valence-corrected chi connectivity index (χ3v) is 5.12. The van der Waals surface area contributed by atoms with Gasteiger partial charge in [0.2, 0.25) is 23.6 Å². The molecule has 4 amide bonds. The SMILES string of the molecule is CC(O)C(N)C(=O)N1CCCC1C(=O)NC(CS)C(=O)NC(CCC(N)=O)C(=O)O. The fourth-order valence-electron chi connectivity index (χ4n) is 2.98. The van der Waals surface area contributed by atoms with Gasteiger partial charge in [0.05, 0.1) is 6.10 Å². The van der Waals surface area contributed by atoms with E-state index < -0.39 is 59.9 Å². The summed E-state index contributed by atoms with van der Waals surface area (Å²) in [6, 6.07) is -4.58. The molecular weight excluding hydrogens is 418 g/mol. The first-order valence-electron chi connectivity index (χ1n) is 9.46. The molecule has 0 saturated carbocycles. The highest BCUT2D eigenvalue weighted by atomic mass is 32.1. The lowest BCUT2D eigenvalue weighted by Gasteiger charge is -2.29. The van der Waals surface area contributed by atoms with Crippen molar-refractivity contribution in [3.8, 4) is 0 Å². The van der Waals surface area contributed by atoms with E-state index in [9.17, 15) is 34.2 Å². The molecule has 1 aliphatic heterocycles. The summed E-state index contributed by atoms with van der Waals surface area (Å²) in [5.41, 5.74) is 10.7. The Morgan fingerprint density at radius 2 is 1.83 bits per heavy atom. The number of aliphatic carboxylic acids is 1. The predicted octanol–water partition coefficient (Wildman–Crippen LogP) is -3.06.